The number of hydrazone groups is 1. The van der Waals surface area contributed by atoms with Gasteiger partial charge in [-0.05, 0) is 54.2 Å². The molecule has 2 N–H and O–H groups in total. The molecule has 0 bridgehead atoms. The molecule has 0 saturated heterocycles. The highest BCUT2D eigenvalue weighted by atomic mass is 35.5. The summed E-state index contributed by atoms with van der Waals surface area (Å²) in [5, 5.41) is 8.06. The third-order valence-electron chi connectivity index (χ3n) is 2.43. The van der Waals surface area contributed by atoms with Crippen molar-refractivity contribution >= 4 is 52.4 Å². The Labute approximate surface area is 136 Å². The average molecular weight is 342 g/mol. The summed E-state index contributed by atoms with van der Waals surface area (Å²) < 4.78 is 12.8. The lowest BCUT2D eigenvalue weighted by Gasteiger charge is -2.06. The summed E-state index contributed by atoms with van der Waals surface area (Å²) in [6, 6.07) is 11.0. The number of hydrogen-bond acceptors (Lipinski definition) is 2. The highest BCUT2D eigenvalue weighted by Gasteiger charge is 1.98. The van der Waals surface area contributed by atoms with E-state index in [-0.39, 0.29) is 10.9 Å². The number of nitrogens with zero attached hydrogens (tertiary/aromatic N) is 1. The van der Waals surface area contributed by atoms with Crippen LogP contribution in [0.15, 0.2) is 47.6 Å². The Morgan fingerprint density at radius 2 is 1.81 bits per heavy atom. The van der Waals surface area contributed by atoms with Crippen molar-refractivity contribution in [1.29, 1.82) is 0 Å². The molecule has 0 amide bonds. The second kappa shape index (κ2) is 7.36. The minimum absolute atomic E-state index is 0.290. The van der Waals surface area contributed by atoms with E-state index in [1.165, 1.54) is 12.1 Å². The monoisotopic (exact) mass is 341 g/mol. The second-order valence-electron chi connectivity index (χ2n) is 4.00. The Kier molecular flexibility index (Phi) is 5.50. The fraction of sp³-hybridized carbons (Fsp3) is 0. The standard InChI is InChI=1S/C14H10Cl2FN3S/c15-12-6-1-9(7-13(12)16)8-18-20-14(21)19-11-4-2-10(17)3-5-11/h1-8H,(H2,19,20,21). The number of benzene rings is 2. The SMILES string of the molecule is Fc1ccc(NC(=S)NN=Cc2ccc(Cl)c(Cl)c2)cc1. The van der Waals surface area contributed by atoms with Crippen LogP contribution >= 0.6 is 35.4 Å². The first-order chi connectivity index (χ1) is 10.0. The van der Waals surface area contributed by atoms with E-state index >= 15 is 0 Å². The summed E-state index contributed by atoms with van der Waals surface area (Å²) in [5.74, 6) is -0.308. The lowest BCUT2D eigenvalue weighted by molar-refractivity contribution is 0.628. The third-order valence-corrected chi connectivity index (χ3v) is 3.36. The quantitative estimate of drug-likeness (QED) is 0.491. The maximum absolute atomic E-state index is 12.8. The van der Waals surface area contributed by atoms with Crippen LogP contribution in [0.25, 0.3) is 0 Å². The van der Waals surface area contributed by atoms with E-state index in [4.69, 9.17) is 35.4 Å². The Hall–Kier alpha value is -1.69. The predicted molar refractivity (Wildman–Crippen MR) is 89.8 cm³/mol. The van der Waals surface area contributed by atoms with Crippen molar-refractivity contribution in [2.24, 2.45) is 5.10 Å². The van der Waals surface area contributed by atoms with Crippen molar-refractivity contribution in [3.8, 4) is 0 Å². The summed E-state index contributed by atoms with van der Waals surface area (Å²) in [4.78, 5) is 0. The van der Waals surface area contributed by atoms with Crippen LogP contribution in [-0.4, -0.2) is 11.3 Å². The van der Waals surface area contributed by atoms with Gasteiger partial charge in [0.05, 0.1) is 16.3 Å². The van der Waals surface area contributed by atoms with E-state index in [0.29, 0.717) is 15.7 Å². The van der Waals surface area contributed by atoms with Gasteiger partial charge in [-0.2, -0.15) is 5.10 Å². The molecular weight excluding hydrogens is 332 g/mol. The lowest BCUT2D eigenvalue weighted by atomic mass is 10.2. The van der Waals surface area contributed by atoms with Gasteiger partial charge in [0.2, 0.25) is 0 Å². The molecule has 108 valence electrons. The van der Waals surface area contributed by atoms with Crippen LogP contribution in [0.1, 0.15) is 5.56 Å². The molecule has 0 radical (unpaired) electrons. The molecule has 2 aromatic carbocycles. The van der Waals surface area contributed by atoms with Crippen LogP contribution in [0.4, 0.5) is 10.1 Å². The van der Waals surface area contributed by atoms with Crippen LogP contribution in [0.3, 0.4) is 0 Å². The number of thiocarbonyl (C=S) groups is 1. The van der Waals surface area contributed by atoms with Gasteiger partial charge in [-0.15, -0.1) is 0 Å². The van der Waals surface area contributed by atoms with E-state index in [0.717, 1.165) is 5.56 Å². The largest absolute Gasteiger partial charge is 0.331 e. The molecule has 0 unspecified atom stereocenters. The normalized spacial score (nSPS) is 10.6. The Balaban J connectivity index is 1.89. The van der Waals surface area contributed by atoms with Gasteiger partial charge in [0, 0.05) is 5.69 Å². The predicted octanol–water partition coefficient (Wildman–Crippen LogP) is 4.45. The first-order valence-corrected chi connectivity index (χ1v) is 7.02. The Bertz CT molecular complexity index is 674. The van der Waals surface area contributed by atoms with Crippen molar-refractivity contribution in [2.75, 3.05) is 5.32 Å². The molecule has 0 atom stereocenters. The summed E-state index contributed by atoms with van der Waals surface area (Å²) in [7, 11) is 0. The number of halogens is 3. The topological polar surface area (TPSA) is 36.4 Å². The Morgan fingerprint density at radius 1 is 1.10 bits per heavy atom. The molecule has 0 spiro atoms. The Morgan fingerprint density at radius 3 is 2.48 bits per heavy atom. The van der Waals surface area contributed by atoms with E-state index in [9.17, 15) is 4.39 Å². The van der Waals surface area contributed by atoms with Gasteiger partial charge in [-0.3, -0.25) is 5.43 Å². The number of nitrogens with one attached hydrogen (secondary N) is 2. The van der Waals surface area contributed by atoms with Gasteiger partial charge in [-0.1, -0.05) is 29.3 Å². The third kappa shape index (κ3) is 4.97. The molecule has 7 heteroatoms. The zero-order valence-corrected chi connectivity index (χ0v) is 12.9. The fourth-order valence-corrected chi connectivity index (χ4v) is 1.93. The number of anilines is 1. The van der Waals surface area contributed by atoms with Crippen molar-refractivity contribution in [3.05, 3.63) is 63.9 Å². The van der Waals surface area contributed by atoms with Crippen molar-refractivity contribution in [1.82, 2.24) is 5.43 Å². The van der Waals surface area contributed by atoms with Crippen LogP contribution < -0.4 is 10.7 Å². The number of hydrogen-bond donors (Lipinski definition) is 2. The van der Waals surface area contributed by atoms with Crippen LogP contribution in [0, 0.1) is 5.82 Å². The van der Waals surface area contributed by atoms with Gasteiger partial charge < -0.3 is 5.32 Å². The van der Waals surface area contributed by atoms with E-state index < -0.39 is 0 Å². The fourth-order valence-electron chi connectivity index (χ4n) is 1.45. The molecule has 0 saturated carbocycles. The first kappa shape index (κ1) is 15.7. The highest BCUT2D eigenvalue weighted by Crippen LogP contribution is 2.21. The van der Waals surface area contributed by atoms with Crippen molar-refractivity contribution < 1.29 is 4.39 Å². The lowest BCUT2D eigenvalue weighted by Crippen LogP contribution is -2.23. The highest BCUT2D eigenvalue weighted by molar-refractivity contribution is 7.80. The van der Waals surface area contributed by atoms with E-state index in [1.807, 2.05) is 0 Å². The van der Waals surface area contributed by atoms with Gasteiger partial charge in [-0.25, -0.2) is 4.39 Å². The number of rotatable bonds is 3. The molecule has 0 aromatic heterocycles. The molecule has 3 nitrogen and oxygen atoms in total. The average Bonchev–Trinajstić information content (AvgIpc) is 2.45. The first-order valence-electron chi connectivity index (χ1n) is 5.85. The summed E-state index contributed by atoms with van der Waals surface area (Å²) >= 11 is 16.8. The maximum atomic E-state index is 12.8. The van der Waals surface area contributed by atoms with Gasteiger partial charge in [0.15, 0.2) is 5.11 Å². The maximum Gasteiger partial charge on any atom is 0.191 e. The zero-order valence-electron chi connectivity index (χ0n) is 10.6. The molecule has 0 aliphatic heterocycles. The van der Waals surface area contributed by atoms with Gasteiger partial charge in [0.1, 0.15) is 5.82 Å². The summed E-state index contributed by atoms with van der Waals surface area (Å²) in [6.07, 6.45) is 1.56. The van der Waals surface area contributed by atoms with Gasteiger partial charge >= 0.3 is 0 Å². The second-order valence-corrected chi connectivity index (χ2v) is 5.23. The van der Waals surface area contributed by atoms with Gasteiger partial charge in [0.25, 0.3) is 0 Å². The molecular formula is C14H10Cl2FN3S. The molecule has 2 aromatic rings. The molecule has 2 rings (SSSR count). The molecule has 0 fully saturated rings. The molecule has 0 aliphatic carbocycles. The van der Waals surface area contributed by atoms with E-state index in [1.54, 1.807) is 36.5 Å². The van der Waals surface area contributed by atoms with Crippen LogP contribution in [-0.2, 0) is 0 Å². The minimum Gasteiger partial charge on any atom is -0.331 e. The smallest absolute Gasteiger partial charge is 0.191 e. The van der Waals surface area contributed by atoms with Crippen molar-refractivity contribution in [2.45, 2.75) is 0 Å². The molecule has 0 heterocycles. The van der Waals surface area contributed by atoms with Crippen LogP contribution in [0.5, 0.6) is 0 Å². The summed E-state index contributed by atoms with van der Waals surface area (Å²) in [6.45, 7) is 0. The van der Waals surface area contributed by atoms with Crippen LogP contribution in [0.2, 0.25) is 10.0 Å². The van der Waals surface area contributed by atoms with Crippen molar-refractivity contribution in [3.63, 3.8) is 0 Å². The molecule has 21 heavy (non-hydrogen) atoms. The summed E-state index contributed by atoms with van der Waals surface area (Å²) in [5.41, 5.74) is 4.09. The molecule has 0 aliphatic rings. The van der Waals surface area contributed by atoms with E-state index in [2.05, 4.69) is 15.8 Å². The zero-order chi connectivity index (χ0) is 15.2. The minimum atomic E-state index is -0.308.